The maximum Gasteiger partial charge on any atom is 0.279 e. The lowest BCUT2D eigenvalue weighted by molar-refractivity contribution is -0.878. The predicted octanol–water partition coefficient (Wildman–Crippen LogP) is 1.27. The molecule has 0 aromatic heterocycles. The van der Waals surface area contributed by atoms with Gasteiger partial charge in [0, 0.05) is 12.8 Å². The van der Waals surface area contributed by atoms with Gasteiger partial charge in [0.1, 0.15) is 0 Å². The second kappa shape index (κ2) is 5.52. The van der Waals surface area contributed by atoms with Crippen LogP contribution in [-0.4, -0.2) is 25.5 Å². The van der Waals surface area contributed by atoms with Crippen LogP contribution in [0.25, 0.3) is 0 Å². The lowest BCUT2D eigenvalue weighted by atomic mass is 10.2. The Labute approximate surface area is 107 Å². The summed E-state index contributed by atoms with van der Waals surface area (Å²) in [5.74, 6) is 0.0488. The third-order valence-electron chi connectivity index (χ3n) is 3.12. The van der Waals surface area contributed by atoms with Crippen molar-refractivity contribution in [2.75, 3.05) is 25.0 Å². The Morgan fingerprint density at radius 2 is 2.12 bits per heavy atom. The van der Waals surface area contributed by atoms with E-state index < -0.39 is 0 Å². The van der Waals surface area contributed by atoms with E-state index in [-0.39, 0.29) is 5.91 Å². The van der Waals surface area contributed by atoms with E-state index in [9.17, 15) is 4.79 Å². The Balaban J connectivity index is 1.93. The average molecular weight is 254 g/mol. The van der Waals surface area contributed by atoms with Crippen molar-refractivity contribution >= 4 is 23.2 Å². The fraction of sp³-hybridized carbons (Fsp3) is 0.462. The maximum atomic E-state index is 11.8. The molecule has 1 aliphatic heterocycles. The lowest BCUT2D eigenvalue weighted by Gasteiger charge is -2.12. The number of aryl methyl sites for hydroxylation is 1. The van der Waals surface area contributed by atoms with Gasteiger partial charge in [-0.15, -0.1) is 0 Å². The van der Waals surface area contributed by atoms with Gasteiger partial charge in [0.15, 0.2) is 6.54 Å². The van der Waals surface area contributed by atoms with Crippen LogP contribution in [0.5, 0.6) is 0 Å². The molecule has 2 rings (SSSR count). The number of carbonyl (C=O) groups excluding carboxylic acids is 1. The first-order chi connectivity index (χ1) is 8.15. The molecular weight excluding hydrogens is 236 g/mol. The van der Waals surface area contributed by atoms with Gasteiger partial charge in [0.2, 0.25) is 0 Å². The first-order valence-electron chi connectivity index (χ1n) is 6.05. The zero-order valence-corrected chi connectivity index (χ0v) is 10.8. The number of rotatable bonds is 3. The molecule has 1 aromatic rings. The Bertz CT molecular complexity index is 414. The van der Waals surface area contributed by atoms with E-state index in [1.165, 1.54) is 17.7 Å². The smallest absolute Gasteiger partial charge is 0.279 e. The molecule has 0 aliphatic carbocycles. The van der Waals surface area contributed by atoms with Crippen LogP contribution in [0.1, 0.15) is 18.4 Å². The Hall–Kier alpha value is -1.06. The van der Waals surface area contributed by atoms with Crippen LogP contribution in [0.15, 0.2) is 18.2 Å². The summed E-state index contributed by atoms with van der Waals surface area (Å²) in [6, 6.07) is 5.67. The molecule has 0 bridgehead atoms. The van der Waals surface area contributed by atoms with Gasteiger partial charge >= 0.3 is 0 Å². The number of carbonyl (C=O) groups is 1. The van der Waals surface area contributed by atoms with Gasteiger partial charge in [0.25, 0.3) is 5.91 Å². The second-order valence-electron chi connectivity index (χ2n) is 4.67. The molecule has 1 aromatic carbocycles. The van der Waals surface area contributed by atoms with Crippen LogP contribution < -0.4 is 10.2 Å². The van der Waals surface area contributed by atoms with Crippen molar-refractivity contribution in [2.24, 2.45) is 0 Å². The van der Waals surface area contributed by atoms with E-state index in [4.69, 9.17) is 11.6 Å². The highest BCUT2D eigenvalue weighted by atomic mass is 35.5. The minimum Gasteiger partial charge on any atom is -0.327 e. The topological polar surface area (TPSA) is 33.5 Å². The Kier molecular flexibility index (Phi) is 4.02. The van der Waals surface area contributed by atoms with E-state index in [0.29, 0.717) is 17.3 Å². The van der Waals surface area contributed by atoms with E-state index >= 15 is 0 Å². The van der Waals surface area contributed by atoms with Crippen molar-refractivity contribution in [3.63, 3.8) is 0 Å². The number of likely N-dealkylation sites (tertiary alicyclic amines) is 1. The van der Waals surface area contributed by atoms with Gasteiger partial charge < -0.3 is 10.2 Å². The van der Waals surface area contributed by atoms with Gasteiger partial charge in [-0.25, -0.2) is 0 Å². The van der Waals surface area contributed by atoms with Crippen LogP contribution in [-0.2, 0) is 4.79 Å². The molecule has 1 fully saturated rings. The number of quaternary nitrogens is 1. The summed E-state index contributed by atoms with van der Waals surface area (Å²) in [5.41, 5.74) is 1.80. The average Bonchev–Trinajstić information content (AvgIpc) is 2.75. The molecule has 17 heavy (non-hydrogen) atoms. The number of nitrogens with one attached hydrogen (secondary N) is 2. The van der Waals surface area contributed by atoms with E-state index in [1.54, 1.807) is 0 Å². The minimum absolute atomic E-state index is 0.0488. The van der Waals surface area contributed by atoms with Crippen molar-refractivity contribution in [3.05, 3.63) is 28.8 Å². The van der Waals surface area contributed by atoms with E-state index in [2.05, 4.69) is 5.32 Å². The summed E-state index contributed by atoms with van der Waals surface area (Å²) in [6.45, 7) is 4.74. The molecule has 0 spiro atoms. The number of amides is 1. The van der Waals surface area contributed by atoms with Gasteiger partial charge in [0.05, 0.1) is 23.8 Å². The molecule has 0 atom stereocenters. The second-order valence-corrected chi connectivity index (χ2v) is 5.07. The minimum atomic E-state index is 0.0488. The zero-order valence-electron chi connectivity index (χ0n) is 10.1. The maximum absolute atomic E-state index is 11.8. The Morgan fingerprint density at radius 1 is 1.41 bits per heavy atom. The summed E-state index contributed by atoms with van der Waals surface area (Å²) >= 11 is 6.07. The molecular formula is C13H18ClN2O+. The highest BCUT2D eigenvalue weighted by Crippen LogP contribution is 2.22. The third kappa shape index (κ3) is 3.45. The van der Waals surface area contributed by atoms with Crippen LogP contribution in [0, 0.1) is 6.92 Å². The molecule has 1 aliphatic rings. The fourth-order valence-corrected chi connectivity index (χ4v) is 2.48. The summed E-state index contributed by atoms with van der Waals surface area (Å²) in [5, 5.41) is 3.48. The monoisotopic (exact) mass is 253 g/mol. The number of benzene rings is 1. The molecule has 0 saturated carbocycles. The summed E-state index contributed by atoms with van der Waals surface area (Å²) < 4.78 is 0. The summed E-state index contributed by atoms with van der Waals surface area (Å²) in [4.78, 5) is 13.2. The molecule has 2 N–H and O–H groups in total. The number of halogens is 1. The highest BCUT2D eigenvalue weighted by Gasteiger charge is 2.19. The lowest BCUT2D eigenvalue weighted by Crippen LogP contribution is -3.11. The molecule has 0 unspecified atom stereocenters. The van der Waals surface area contributed by atoms with Crippen LogP contribution in [0.3, 0.4) is 0 Å². The molecule has 1 saturated heterocycles. The molecule has 3 nitrogen and oxygen atoms in total. The van der Waals surface area contributed by atoms with Crippen LogP contribution >= 0.6 is 11.6 Å². The predicted molar refractivity (Wildman–Crippen MR) is 69.6 cm³/mol. The van der Waals surface area contributed by atoms with Gasteiger partial charge in [-0.3, -0.25) is 4.79 Å². The highest BCUT2D eigenvalue weighted by molar-refractivity contribution is 6.33. The van der Waals surface area contributed by atoms with Crippen molar-refractivity contribution in [2.45, 2.75) is 19.8 Å². The van der Waals surface area contributed by atoms with Gasteiger partial charge in [-0.1, -0.05) is 17.7 Å². The normalized spacial score (nSPS) is 16.1. The SMILES string of the molecule is Cc1ccc(NC(=O)C[NH+]2CCCC2)c(Cl)c1. The number of anilines is 1. The molecule has 1 amide bonds. The van der Waals surface area contributed by atoms with Crippen LogP contribution in [0.2, 0.25) is 5.02 Å². The Morgan fingerprint density at radius 3 is 2.76 bits per heavy atom. The quantitative estimate of drug-likeness (QED) is 0.836. The largest absolute Gasteiger partial charge is 0.327 e. The summed E-state index contributed by atoms with van der Waals surface area (Å²) in [7, 11) is 0. The van der Waals surface area contributed by atoms with Gasteiger partial charge in [-0.2, -0.15) is 0 Å². The standard InChI is InChI=1S/C13H17ClN2O/c1-10-4-5-12(11(14)8-10)15-13(17)9-16-6-2-3-7-16/h4-5,8H,2-3,6-7,9H2,1H3,(H,15,17)/p+1. The van der Waals surface area contributed by atoms with Crippen molar-refractivity contribution in [1.29, 1.82) is 0 Å². The van der Waals surface area contributed by atoms with Crippen LogP contribution in [0.4, 0.5) is 5.69 Å². The third-order valence-corrected chi connectivity index (χ3v) is 3.43. The molecule has 1 heterocycles. The molecule has 92 valence electrons. The number of hydrogen-bond donors (Lipinski definition) is 2. The van der Waals surface area contributed by atoms with Crippen molar-refractivity contribution in [1.82, 2.24) is 0 Å². The van der Waals surface area contributed by atoms with Crippen molar-refractivity contribution in [3.8, 4) is 0 Å². The summed E-state index contributed by atoms with van der Waals surface area (Å²) in [6.07, 6.45) is 2.46. The van der Waals surface area contributed by atoms with Crippen molar-refractivity contribution < 1.29 is 9.69 Å². The fourth-order valence-electron chi connectivity index (χ4n) is 2.19. The van der Waals surface area contributed by atoms with Gasteiger partial charge in [-0.05, 0) is 24.6 Å². The first kappa shape index (κ1) is 12.4. The van der Waals surface area contributed by atoms with E-state index in [1.807, 2.05) is 25.1 Å². The van der Waals surface area contributed by atoms with E-state index in [0.717, 1.165) is 18.7 Å². The molecule has 0 radical (unpaired) electrons. The number of hydrogen-bond acceptors (Lipinski definition) is 1. The molecule has 4 heteroatoms. The zero-order chi connectivity index (χ0) is 12.3. The first-order valence-corrected chi connectivity index (χ1v) is 6.42.